The fraction of sp³-hybridized carbons (Fsp3) is 0.974. The number of rotatable bonds is 52. The molecule has 0 aromatic carbocycles. The molecular formula is C76H172O28P8Pd+2. The van der Waals surface area contributed by atoms with E-state index in [2.05, 4.69) is 0 Å². The van der Waals surface area contributed by atoms with Crippen molar-refractivity contribution in [1.82, 2.24) is 0 Å². The number of aliphatic hydroxyl groups excluding tert-OH is 24. The van der Waals surface area contributed by atoms with Crippen LogP contribution in [-0.4, -0.2) is 287 Å². The molecule has 28 nitrogen and oxygen atoms in total. The molecule has 692 valence electrons. The van der Waals surface area contributed by atoms with Gasteiger partial charge in [-0.2, -0.15) is 0 Å². The smallest absolute Gasteiger partial charge is 0.546 e. The molecule has 37 heteroatoms. The third-order valence-corrected chi connectivity index (χ3v) is 48.5. The zero-order valence-electron chi connectivity index (χ0n) is 73.5. The van der Waals surface area contributed by atoms with Gasteiger partial charge < -0.3 is 142 Å². The van der Waals surface area contributed by atoms with Gasteiger partial charge in [-0.05, 0) is 163 Å². The van der Waals surface area contributed by atoms with Gasteiger partial charge in [-0.3, -0.25) is 0 Å². The Balaban J connectivity index is -0.000000156. The molecule has 24 atom stereocenters. The topological polar surface area (TPSA) is 566 Å². The minimum absolute atomic E-state index is 0. The zero-order valence-corrected chi connectivity index (χ0v) is 82.2. The minimum Gasteiger partial charge on any atom is -0.546 e. The predicted octanol–water partition coefficient (Wildman–Crippen LogP) is 9.80. The first kappa shape index (κ1) is 133. The Morgan fingerprint density at radius 1 is 0.186 bits per heavy atom. The van der Waals surface area contributed by atoms with Gasteiger partial charge in [0.15, 0.2) is 35.1 Å². The van der Waals surface area contributed by atoms with Crippen molar-refractivity contribution in [1.29, 1.82) is 0 Å². The van der Waals surface area contributed by atoms with Crippen LogP contribution in [0, 0.1) is 0 Å². The summed E-state index contributed by atoms with van der Waals surface area (Å²) in [7, 11) is -12.1. The van der Waals surface area contributed by atoms with Gasteiger partial charge in [0.1, 0.15) is 26.8 Å². The van der Waals surface area contributed by atoms with Crippen LogP contribution in [0.5, 0.6) is 0 Å². The predicted molar refractivity (Wildman–Crippen MR) is 466 cm³/mol. The van der Waals surface area contributed by atoms with E-state index in [1.807, 2.05) is 125 Å². The summed E-state index contributed by atoms with van der Waals surface area (Å²) in [6.07, 6.45) is 11.8. The van der Waals surface area contributed by atoms with Crippen molar-refractivity contribution >= 4 is 74.0 Å². The molecule has 0 aromatic heterocycles. The van der Waals surface area contributed by atoms with Crippen molar-refractivity contribution in [2.24, 2.45) is 0 Å². The second-order valence-corrected chi connectivity index (χ2v) is 51.4. The fourth-order valence-electron chi connectivity index (χ4n) is 11.7. The van der Waals surface area contributed by atoms with Gasteiger partial charge in [0.2, 0.25) is 0 Å². The maximum atomic E-state index is 10.9. The van der Waals surface area contributed by atoms with E-state index in [1.165, 1.54) is 0 Å². The molecule has 0 aliphatic carbocycles. The first-order chi connectivity index (χ1) is 52.2. The first-order valence-corrected chi connectivity index (χ1v) is 55.0. The van der Waals surface area contributed by atoms with E-state index in [1.54, 1.807) is 41.5 Å². The molecule has 0 heterocycles. The molecule has 0 fully saturated rings. The van der Waals surface area contributed by atoms with Gasteiger partial charge >= 0.3 is 20.4 Å². The molecule has 0 saturated carbocycles. The van der Waals surface area contributed by atoms with Crippen LogP contribution in [0.3, 0.4) is 0 Å². The van der Waals surface area contributed by atoms with E-state index >= 15 is 0 Å². The number of carbonyl (C=O) groups excluding carboxylic acids is 2. The number of aliphatic hydroxyl groups is 24. The van der Waals surface area contributed by atoms with Crippen molar-refractivity contribution in [3.63, 3.8) is 0 Å². The summed E-state index contributed by atoms with van der Waals surface area (Å²) in [4.78, 5) is 21.7. The summed E-state index contributed by atoms with van der Waals surface area (Å²) in [5.74, 6) is -18.2. The Bertz CT molecular complexity index is 1640. The second kappa shape index (κ2) is 78.8. The van der Waals surface area contributed by atoms with Gasteiger partial charge in [-0.25, -0.2) is 0 Å². The summed E-state index contributed by atoms with van der Waals surface area (Å²) in [5, 5.41) is 255. The second-order valence-electron chi connectivity index (χ2n) is 27.1. The third-order valence-electron chi connectivity index (χ3n) is 19.1. The first-order valence-electron chi connectivity index (χ1n) is 41.3. The normalized spacial score (nSPS) is 20.5. The molecule has 0 spiro atoms. The van der Waals surface area contributed by atoms with Crippen LogP contribution in [-0.2, 0) is 30.0 Å². The zero-order chi connectivity index (χ0) is 89.9. The maximum absolute atomic E-state index is 10.9. The van der Waals surface area contributed by atoms with Gasteiger partial charge in [-0.15, -0.1) is 0 Å². The van der Waals surface area contributed by atoms with E-state index in [-0.39, 0.29) is 20.4 Å². The molecule has 0 aromatic rings. The van der Waals surface area contributed by atoms with Gasteiger partial charge in [-0.1, -0.05) is 166 Å². The Labute approximate surface area is 705 Å². The van der Waals surface area contributed by atoms with Crippen LogP contribution in [0.25, 0.3) is 0 Å². The summed E-state index contributed by atoms with van der Waals surface area (Å²) < 4.78 is 0. The molecule has 24 N–H and O–H groups in total. The molecule has 113 heavy (non-hydrogen) atoms. The Morgan fingerprint density at radius 2 is 0.257 bits per heavy atom. The van der Waals surface area contributed by atoms with Crippen LogP contribution in [0.4, 0.5) is 0 Å². The van der Waals surface area contributed by atoms with Crippen molar-refractivity contribution in [3.05, 3.63) is 0 Å². The Kier molecular flexibility index (Phi) is 92.8. The number of hydrogen-bond acceptors (Lipinski definition) is 28. The molecule has 0 saturated heterocycles. The van der Waals surface area contributed by atoms with Gasteiger partial charge in [0.25, 0.3) is 0 Å². The third kappa shape index (κ3) is 50.7. The molecule has 0 bridgehead atoms. The van der Waals surface area contributed by atoms with E-state index in [0.29, 0.717) is 154 Å². The monoisotopic (exact) mass is 1890 g/mol. The summed E-state index contributed by atoms with van der Waals surface area (Å²) >= 11 is 0. The van der Waals surface area contributed by atoms with Gasteiger partial charge in [0, 0.05) is 38.5 Å². The van der Waals surface area contributed by atoms with E-state index in [9.17, 15) is 142 Å². The van der Waals surface area contributed by atoms with Crippen molar-refractivity contribution in [2.75, 3.05) is 12.3 Å². The van der Waals surface area contributed by atoms with Crippen molar-refractivity contribution < 1.29 is 163 Å². The Morgan fingerprint density at radius 3 is 0.301 bits per heavy atom. The van der Waals surface area contributed by atoms with Crippen LogP contribution in [0.1, 0.15) is 320 Å². The van der Waals surface area contributed by atoms with Crippen LogP contribution < -0.4 is 10.2 Å². The number of carboxylic acids is 2. The van der Waals surface area contributed by atoms with Crippen molar-refractivity contribution in [3.8, 4) is 0 Å². The molecule has 0 aliphatic heterocycles. The van der Waals surface area contributed by atoms with E-state index < -0.39 is 227 Å². The average Bonchev–Trinajstić information content (AvgIpc) is 0.792. The number of carboxylic acid groups (broad SMARTS) is 2. The van der Waals surface area contributed by atoms with E-state index in [0.717, 1.165) is 0 Å². The molecule has 0 amide bonds. The fourth-order valence-corrected chi connectivity index (χ4v) is 35.0. The maximum Gasteiger partial charge on any atom is 2.00 e. The summed E-state index contributed by atoms with van der Waals surface area (Å²) in [6.45, 7) is 43.8. The molecule has 0 radical (unpaired) electrons. The van der Waals surface area contributed by atoms with Crippen molar-refractivity contribution in [2.45, 2.75) is 461 Å². The summed E-state index contributed by atoms with van der Waals surface area (Å²) in [6, 6.07) is 0. The summed E-state index contributed by atoms with van der Waals surface area (Å²) in [5.41, 5.74) is 0. The molecule has 0 rings (SSSR count). The molecular weight excluding hydrogens is 1720 g/mol. The average molecular weight is 1890 g/mol. The van der Waals surface area contributed by atoms with Crippen LogP contribution in [0.15, 0.2) is 0 Å². The quantitative estimate of drug-likeness (QED) is 0.0199. The van der Waals surface area contributed by atoms with Crippen LogP contribution in [0.2, 0.25) is 0 Å². The van der Waals surface area contributed by atoms with Gasteiger partial charge in [0.05, 0.1) is 117 Å². The SMILES string of the molecule is CCC(O)P(C(O)CC)C(O)CC.CCC(O)P(C(O)CC)C(O)CC.CCC(O)P(C(O)CC)C(O)CC.CCC(O)P(C(O)CC)C(O)CC.CCC(O)P(C(O)CC)C(O)CC.CCC(O)P(C(O)CC)C(O)CC.CCC(O)[P+](CC(=O)[O-])(C(O)CC)C(O)CC.CCC(O)[P+](CC(=O)[O-])(C(O)CC)C(O)CC.[Pd+2]. The molecule has 24 unspecified atom stereocenters. The molecule has 0 aliphatic rings. The Hall–Kier alpha value is 2.08. The van der Waals surface area contributed by atoms with E-state index in [4.69, 9.17) is 0 Å². The minimum atomic E-state index is -2.82. The number of hydrogen-bond donors (Lipinski definition) is 24. The standard InChI is InChI=1S/2C11H23O5P.6C9H21O3P.Pd/c2*1-4-9(14)17(7-8(12)13,10(15)5-2)11(16)6-3;6*1-4-7(10)13(8(11)5-2)9(12)6-3;/h2*9-11,14-16H,4-7H2,1-3H3;6*7-12H,4-6H2,1-3H3;/q;;;;;;;;+2. The largest absolute Gasteiger partial charge is 2.00 e. The number of carbonyl (C=O) groups is 2. The number of aliphatic carboxylic acids is 2. The van der Waals surface area contributed by atoms with Crippen LogP contribution >= 0.6 is 62.1 Å².